The average molecular weight is 535 g/mol. The number of likely N-dealkylation sites (tertiary alicyclic amines) is 1. The smallest absolute Gasteiger partial charge is 0.269 e. The third-order valence-electron chi connectivity index (χ3n) is 6.88. The van der Waals surface area contributed by atoms with Gasteiger partial charge in [0.05, 0.1) is 6.04 Å². The minimum absolute atomic E-state index is 0.000938. The molecule has 1 heterocycles. The summed E-state index contributed by atoms with van der Waals surface area (Å²) in [6.07, 6.45) is 14.7. The molecule has 1 aromatic rings. The monoisotopic (exact) mass is 534 g/mol. The third-order valence-corrected chi connectivity index (χ3v) is 6.88. The Kier molecular flexibility index (Phi) is 14.2. The number of hydrogen-bond donors (Lipinski definition) is 1. The molecule has 0 aromatic heterocycles. The topological polar surface area (TPSA) is 47.9 Å². The first-order valence-electron chi connectivity index (χ1n) is 14.1. The van der Waals surface area contributed by atoms with E-state index in [1.165, 1.54) is 17.7 Å². The Morgan fingerprint density at radius 1 is 1.28 bits per heavy atom. The molecule has 39 heavy (non-hydrogen) atoms. The fourth-order valence-corrected chi connectivity index (χ4v) is 4.64. The van der Waals surface area contributed by atoms with Gasteiger partial charge < -0.3 is 10.2 Å². The minimum atomic E-state index is -0.233. The van der Waals surface area contributed by atoms with Gasteiger partial charge in [-0.3, -0.25) is 14.7 Å². The van der Waals surface area contributed by atoms with Gasteiger partial charge in [0.25, 0.3) is 5.91 Å². The van der Waals surface area contributed by atoms with Crippen LogP contribution in [-0.4, -0.2) is 67.2 Å². The van der Waals surface area contributed by atoms with Crippen LogP contribution in [-0.2, 0) is 11.2 Å². The summed E-state index contributed by atoms with van der Waals surface area (Å²) >= 11 is 0. The summed E-state index contributed by atoms with van der Waals surface area (Å²) < 4.78 is 13.1. The summed E-state index contributed by atoms with van der Waals surface area (Å²) in [6, 6.07) is 6.53. The number of amides is 1. The summed E-state index contributed by atoms with van der Waals surface area (Å²) in [4.78, 5) is 21.9. The van der Waals surface area contributed by atoms with Crippen molar-refractivity contribution in [1.29, 1.82) is 0 Å². The first-order valence-corrected chi connectivity index (χ1v) is 14.1. The zero-order chi connectivity index (χ0) is 28.6. The van der Waals surface area contributed by atoms with Crippen molar-refractivity contribution in [2.45, 2.75) is 58.9 Å². The second-order valence-electron chi connectivity index (χ2n) is 10.1. The number of allylic oxidation sites excluding steroid dienone is 3. The number of aliphatic imine (C=N–C) groups is 1. The van der Waals surface area contributed by atoms with Crippen LogP contribution >= 0.6 is 0 Å². The van der Waals surface area contributed by atoms with Crippen molar-refractivity contribution < 1.29 is 9.18 Å². The summed E-state index contributed by atoms with van der Waals surface area (Å²) in [5.74, 6) is -0.401. The molecule has 1 aliphatic heterocycles. The van der Waals surface area contributed by atoms with E-state index in [0.717, 1.165) is 81.7 Å². The zero-order valence-corrected chi connectivity index (χ0v) is 24.4. The van der Waals surface area contributed by atoms with Crippen molar-refractivity contribution in [2.24, 2.45) is 4.99 Å². The number of carbonyl (C=O) groups is 1. The SMILES string of the molecule is C=CC/C=C(\C=C/CN1CC(NC(=O)C(/C=C(\C)CCc2ccc(F)cc2)=N/C)CC1=C)CN(CC)CCC. The predicted octanol–water partition coefficient (Wildman–Crippen LogP) is 6.27. The molecule has 0 bridgehead atoms. The Hall–Kier alpha value is -3.25. The number of likely N-dealkylation sites (N-methyl/N-ethyl adjacent to an activating group) is 1. The maximum Gasteiger partial charge on any atom is 0.269 e. The Balaban J connectivity index is 1.90. The molecule has 1 aromatic carbocycles. The predicted molar refractivity (Wildman–Crippen MR) is 164 cm³/mol. The highest BCUT2D eigenvalue weighted by Gasteiger charge is 2.26. The van der Waals surface area contributed by atoms with Gasteiger partial charge in [-0.25, -0.2) is 4.39 Å². The lowest BCUT2D eigenvalue weighted by atomic mass is 10.0. The van der Waals surface area contributed by atoms with Crippen molar-refractivity contribution in [3.63, 3.8) is 0 Å². The van der Waals surface area contributed by atoms with Gasteiger partial charge in [-0.15, -0.1) is 6.58 Å². The van der Waals surface area contributed by atoms with Gasteiger partial charge in [0, 0.05) is 38.8 Å². The van der Waals surface area contributed by atoms with E-state index < -0.39 is 0 Å². The summed E-state index contributed by atoms with van der Waals surface area (Å²) in [5.41, 5.74) is 4.86. The van der Waals surface area contributed by atoms with Gasteiger partial charge in [0.2, 0.25) is 0 Å². The highest BCUT2D eigenvalue weighted by Crippen LogP contribution is 2.20. The highest BCUT2D eigenvalue weighted by atomic mass is 19.1. The van der Waals surface area contributed by atoms with Crippen LogP contribution in [0.15, 0.2) is 89.6 Å². The van der Waals surface area contributed by atoms with Gasteiger partial charge in [-0.2, -0.15) is 0 Å². The van der Waals surface area contributed by atoms with Crippen LogP contribution in [0.5, 0.6) is 0 Å². The fraction of sp³-hybridized carbons (Fsp3) is 0.455. The van der Waals surface area contributed by atoms with E-state index in [9.17, 15) is 9.18 Å². The van der Waals surface area contributed by atoms with E-state index in [2.05, 4.69) is 65.3 Å². The number of hydrogen-bond acceptors (Lipinski definition) is 4. The molecule has 0 saturated carbocycles. The molecule has 0 radical (unpaired) electrons. The van der Waals surface area contributed by atoms with Crippen molar-refractivity contribution in [1.82, 2.24) is 15.1 Å². The second-order valence-corrected chi connectivity index (χ2v) is 10.1. The standard InChI is InChI=1S/C33H47FN4O/c1-7-10-12-29(24-37(9-3)20-8-2)13-11-21-38-25-31(23-27(38)5)36-33(39)32(35-6)22-26(4)14-15-28-16-18-30(34)19-17-28/h7,11-13,16-19,22,31H,1,5,8-10,14-15,20-21,23-25H2,2-4,6H3,(H,36,39)/b13-11-,26-22+,29-12+,35-32+. The van der Waals surface area contributed by atoms with Crippen molar-refractivity contribution in [2.75, 3.05) is 39.8 Å². The van der Waals surface area contributed by atoms with Crippen LogP contribution in [0, 0.1) is 5.82 Å². The maximum atomic E-state index is 13.1. The van der Waals surface area contributed by atoms with Crippen LogP contribution in [0.25, 0.3) is 0 Å². The number of halogens is 1. The van der Waals surface area contributed by atoms with E-state index in [1.54, 1.807) is 19.2 Å². The van der Waals surface area contributed by atoms with Gasteiger partial charge in [-0.05, 0) is 75.0 Å². The lowest BCUT2D eigenvalue weighted by molar-refractivity contribution is -0.115. The van der Waals surface area contributed by atoms with Crippen LogP contribution < -0.4 is 5.32 Å². The molecular formula is C33H47FN4O. The number of nitrogens with zero attached hydrogens (tertiary/aromatic N) is 3. The van der Waals surface area contributed by atoms with Gasteiger partial charge in [-0.1, -0.05) is 62.4 Å². The first kappa shape index (κ1) is 32.0. The average Bonchev–Trinajstić information content (AvgIpc) is 3.27. The van der Waals surface area contributed by atoms with E-state index in [4.69, 9.17) is 0 Å². The Morgan fingerprint density at radius 3 is 2.67 bits per heavy atom. The minimum Gasteiger partial charge on any atom is -0.369 e. The van der Waals surface area contributed by atoms with Crippen molar-refractivity contribution >= 4 is 11.6 Å². The second kappa shape index (κ2) is 17.4. The van der Waals surface area contributed by atoms with E-state index in [0.29, 0.717) is 5.71 Å². The molecule has 6 heteroatoms. The van der Waals surface area contributed by atoms with E-state index in [-0.39, 0.29) is 17.8 Å². The number of nitrogens with one attached hydrogen (secondary N) is 1. The maximum absolute atomic E-state index is 13.1. The molecule has 0 aliphatic carbocycles. The van der Waals surface area contributed by atoms with Gasteiger partial charge >= 0.3 is 0 Å². The van der Waals surface area contributed by atoms with Gasteiger partial charge in [0.15, 0.2) is 0 Å². The molecule has 1 unspecified atom stereocenters. The van der Waals surface area contributed by atoms with Crippen LogP contribution in [0.2, 0.25) is 0 Å². The Morgan fingerprint density at radius 2 is 2.03 bits per heavy atom. The molecule has 1 amide bonds. The lowest BCUT2D eigenvalue weighted by Gasteiger charge is -2.21. The summed E-state index contributed by atoms with van der Waals surface area (Å²) in [5, 5.41) is 3.14. The van der Waals surface area contributed by atoms with Crippen LogP contribution in [0.3, 0.4) is 0 Å². The number of benzene rings is 1. The molecule has 1 fully saturated rings. The molecule has 5 nitrogen and oxygen atoms in total. The molecule has 212 valence electrons. The summed E-state index contributed by atoms with van der Waals surface area (Å²) in [7, 11) is 1.64. The largest absolute Gasteiger partial charge is 0.369 e. The molecule has 1 N–H and O–H groups in total. The zero-order valence-electron chi connectivity index (χ0n) is 24.4. The molecule has 1 saturated heterocycles. The van der Waals surface area contributed by atoms with Crippen LogP contribution in [0.1, 0.15) is 52.0 Å². The molecule has 2 rings (SSSR count). The van der Waals surface area contributed by atoms with Gasteiger partial charge in [0.1, 0.15) is 11.5 Å². The molecule has 1 aliphatic rings. The van der Waals surface area contributed by atoms with Crippen LogP contribution in [0.4, 0.5) is 4.39 Å². The van der Waals surface area contributed by atoms with Crippen molar-refractivity contribution in [3.8, 4) is 0 Å². The third kappa shape index (κ3) is 11.6. The van der Waals surface area contributed by atoms with Crippen molar-refractivity contribution in [3.05, 3.63) is 96.0 Å². The molecular weight excluding hydrogens is 487 g/mol. The normalized spacial score (nSPS) is 17.0. The highest BCUT2D eigenvalue weighted by molar-refractivity contribution is 6.43. The number of aryl methyl sites for hydroxylation is 1. The lowest BCUT2D eigenvalue weighted by Crippen LogP contribution is -2.40. The first-order chi connectivity index (χ1) is 18.8. The Bertz CT molecular complexity index is 1070. The molecule has 0 spiro atoms. The number of carbonyl (C=O) groups excluding carboxylic acids is 1. The molecule has 1 atom stereocenters. The Labute approximate surface area is 235 Å². The summed E-state index contributed by atoms with van der Waals surface area (Å²) in [6.45, 7) is 19.0. The van der Waals surface area contributed by atoms with E-state index in [1.807, 2.05) is 19.1 Å². The van der Waals surface area contributed by atoms with E-state index >= 15 is 0 Å². The quantitative estimate of drug-likeness (QED) is 0.154. The number of rotatable bonds is 16. The fourth-order valence-electron chi connectivity index (χ4n) is 4.64.